The zero-order valence-electron chi connectivity index (χ0n) is 10.6. The first-order valence-electron chi connectivity index (χ1n) is 6.06. The van der Waals surface area contributed by atoms with Gasteiger partial charge in [-0.25, -0.2) is 4.98 Å². The van der Waals surface area contributed by atoms with Crippen molar-refractivity contribution in [1.82, 2.24) is 4.98 Å². The van der Waals surface area contributed by atoms with Gasteiger partial charge in [0, 0.05) is 6.54 Å². The first-order chi connectivity index (χ1) is 8.76. The number of anilines is 1. The Morgan fingerprint density at radius 1 is 1.33 bits per heavy atom. The van der Waals surface area contributed by atoms with E-state index in [9.17, 15) is 0 Å². The SMILES string of the molecule is CSCCCCCCNc1cc(C#N)cc(Cl)n1. The summed E-state index contributed by atoms with van der Waals surface area (Å²) in [4.78, 5) is 4.13. The van der Waals surface area contributed by atoms with E-state index in [2.05, 4.69) is 22.6 Å². The number of nitrogens with zero attached hydrogens (tertiary/aromatic N) is 2. The Morgan fingerprint density at radius 2 is 2.11 bits per heavy atom. The van der Waals surface area contributed by atoms with Gasteiger partial charge in [0.15, 0.2) is 0 Å². The highest BCUT2D eigenvalue weighted by Gasteiger charge is 2.00. The van der Waals surface area contributed by atoms with E-state index in [-0.39, 0.29) is 0 Å². The Morgan fingerprint density at radius 3 is 2.83 bits per heavy atom. The standard InChI is InChI=1S/C13H18ClN3S/c1-18-7-5-3-2-4-6-16-13-9-11(10-15)8-12(14)17-13/h8-9H,2-7H2,1H3,(H,16,17). The van der Waals surface area contributed by atoms with Gasteiger partial charge in [-0.2, -0.15) is 17.0 Å². The van der Waals surface area contributed by atoms with Gasteiger partial charge in [-0.05, 0) is 37.0 Å². The summed E-state index contributed by atoms with van der Waals surface area (Å²) in [5.41, 5.74) is 0.539. The lowest BCUT2D eigenvalue weighted by atomic mass is 10.2. The molecule has 0 atom stereocenters. The summed E-state index contributed by atoms with van der Waals surface area (Å²) in [7, 11) is 0. The first kappa shape index (κ1) is 15.1. The van der Waals surface area contributed by atoms with E-state index in [0.29, 0.717) is 16.5 Å². The van der Waals surface area contributed by atoms with Gasteiger partial charge in [-0.3, -0.25) is 0 Å². The number of halogens is 1. The lowest BCUT2D eigenvalue weighted by Gasteiger charge is -2.06. The molecule has 18 heavy (non-hydrogen) atoms. The molecule has 0 amide bonds. The molecular weight excluding hydrogens is 266 g/mol. The maximum Gasteiger partial charge on any atom is 0.132 e. The van der Waals surface area contributed by atoms with Crippen LogP contribution in [-0.2, 0) is 0 Å². The summed E-state index contributed by atoms with van der Waals surface area (Å²) in [6.07, 6.45) is 7.03. The fourth-order valence-corrected chi connectivity index (χ4v) is 2.29. The second kappa shape index (κ2) is 9.07. The van der Waals surface area contributed by atoms with Gasteiger partial charge in [0.05, 0.1) is 11.6 Å². The second-order valence-electron chi connectivity index (χ2n) is 4.01. The fraction of sp³-hybridized carbons (Fsp3) is 0.538. The van der Waals surface area contributed by atoms with Crippen LogP contribution in [0.4, 0.5) is 5.82 Å². The van der Waals surface area contributed by atoms with Crippen molar-refractivity contribution >= 4 is 29.2 Å². The van der Waals surface area contributed by atoms with Gasteiger partial charge in [-0.1, -0.05) is 24.4 Å². The minimum atomic E-state index is 0.358. The fourth-order valence-electron chi connectivity index (χ4n) is 1.59. The molecule has 5 heteroatoms. The number of nitrogens with one attached hydrogen (secondary N) is 1. The van der Waals surface area contributed by atoms with Crippen LogP contribution in [-0.4, -0.2) is 23.5 Å². The van der Waals surface area contributed by atoms with E-state index in [4.69, 9.17) is 16.9 Å². The molecule has 1 N–H and O–H groups in total. The van der Waals surface area contributed by atoms with Crippen molar-refractivity contribution in [3.8, 4) is 6.07 Å². The maximum atomic E-state index is 8.81. The van der Waals surface area contributed by atoms with Gasteiger partial charge in [0.2, 0.25) is 0 Å². The number of hydrogen-bond donors (Lipinski definition) is 1. The molecular formula is C13H18ClN3S. The number of thioether (sulfide) groups is 1. The van der Waals surface area contributed by atoms with Gasteiger partial charge in [-0.15, -0.1) is 0 Å². The van der Waals surface area contributed by atoms with Crippen molar-refractivity contribution in [1.29, 1.82) is 5.26 Å². The van der Waals surface area contributed by atoms with Crippen LogP contribution < -0.4 is 5.32 Å². The van der Waals surface area contributed by atoms with E-state index in [1.807, 2.05) is 11.8 Å². The highest BCUT2D eigenvalue weighted by Crippen LogP contribution is 2.14. The number of hydrogen-bond acceptors (Lipinski definition) is 4. The molecule has 0 radical (unpaired) electrons. The van der Waals surface area contributed by atoms with E-state index in [1.165, 1.54) is 25.0 Å². The largest absolute Gasteiger partial charge is 0.370 e. The normalized spacial score (nSPS) is 10.1. The van der Waals surface area contributed by atoms with Gasteiger partial charge >= 0.3 is 0 Å². The Hall–Kier alpha value is -0.920. The molecule has 0 fully saturated rings. The van der Waals surface area contributed by atoms with Crippen LogP contribution in [0, 0.1) is 11.3 Å². The lowest BCUT2D eigenvalue weighted by Crippen LogP contribution is -2.03. The molecule has 0 saturated carbocycles. The number of nitriles is 1. The summed E-state index contributed by atoms with van der Waals surface area (Å²) in [5.74, 6) is 1.93. The Balaban J connectivity index is 2.23. The molecule has 1 aromatic heterocycles. The van der Waals surface area contributed by atoms with Crippen LogP contribution in [0.1, 0.15) is 31.2 Å². The monoisotopic (exact) mass is 283 g/mol. The molecule has 0 aliphatic carbocycles. The lowest BCUT2D eigenvalue weighted by molar-refractivity contribution is 0.688. The molecule has 0 unspecified atom stereocenters. The average molecular weight is 284 g/mol. The van der Waals surface area contributed by atoms with Crippen LogP contribution in [0.15, 0.2) is 12.1 Å². The molecule has 0 saturated heterocycles. The van der Waals surface area contributed by atoms with Crippen LogP contribution in [0.25, 0.3) is 0 Å². The molecule has 0 aromatic carbocycles. The van der Waals surface area contributed by atoms with Gasteiger partial charge < -0.3 is 5.32 Å². The number of pyridine rings is 1. The third kappa shape index (κ3) is 6.13. The Labute approximate surface area is 118 Å². The Kier molecular flexibility index (Phi) is 7.63. The summed E-state index contributed by atoms with van der Waals surface area (Å²) < 4.78 is 0. The minimum absolute atomic E-state index is 0.358. The van der Waals surface area contributed by atoms with Gasteiger partial charge in [0.25, 0.3) is 0 Å². The molecule has 1 rings (SSSR count). The van der Waals surface area contributed by atoms with Crippen molar-refractivity contribution in [2.45, 2.75) is 25.7 Å². The zero-order valence-corrected chi connectivity index (χ0v) is 12.2. The molecule has 98 valence electrons. The van der Waals surface area contributed by atoms with E-state index in [0.717, 1.165) is 13.0 Å². The average Bonchev–Trinajstić information content (AvgIpc) is 2.37. The zero-order chi connectivity index (χ0) is 13.2. The molecule has 1 heterocycles. The molecule has 0 aliphatic heterocycles. The number of aromatic nitrogens is 1. The smallest absolute Gasteiger partial charge is 0.132 e. The van der Waals surface area contributed by atoms with Crippen LogP contribution >= 0.6 is 23.4 Å². The third-order valence-corrected chi connectivity index (χ3v) is 3.40. The molecule has 0 bridgehead atoms. The Bertz CT molecular complexity index is 404. The topological polar surface area (TPSA) is 48.7 Å². The highest BCUT2D eigenvalue weighted by atomic mass is 35.5. The number of unbranched alkanes of at least 4 members (excludes halogenated alkanes) is 3. The predicted octanol–water partition coefficient (Wildman–Crippen LogP) is 3.94. The van der Waals surface area contributed by atoms with E-state index >= 15 is 0 Å². The van der Waals surface area contributed by atoms with Crippen molar-refractivity contribution in [2.75, 3.05) is 23.9 Å². The molecule has 0 aliphatic rings. The second-order valence-corrected chi connectivity index (χ2v) is 5.38. The van der Waals surface area contributed by atoms with Crippen molar-refractivity contribution in [2.24, 2.45) is 0 Å². The van der Waals surface area contributed by atoms with Crippen LogP contribution in [0.5, 0.6) is 0 Å². The highest BCUT2D eigenvalue weighted by molar-refractivity contribution is 7.98. The maximum absolute atomic E-state index is 8.81. The first-order valence-corrected chi connectivity index (χ1v) is 7.84. The van der Waals surface area contributed by atoms with E-state index in [1.54, 1.807) is 12.1 Å². The van der Waals surface area contributed by atoms with Crippen LogP contribution in [0.2, 0.25) is 5.15 Å². The summed E-state index contributed by atoms with van der Waals surface area (Å²) in [6.45, 7) is 0.872. The molecule has 0 spiro atoms. The van der Waals surface area contributed by atoms with Crippen molar-refractivity contribution < 1.29 is 0 Å². The summed E-state index contributed by atoms with van der Waals surface area (Å²) in [6, 6.07) is 5.35. The molecule has 1 aromatic rings. The van der Waals surface area contributed by atoms with Crippen molar-refractivity contribution in [3.63, 3.8) is 0 Å². The predicted molar refractivity (Wildman–Crippen MR) is 79.3 cm³/mol. The van der Waals surface area contributed by atoms with Gasteiger partial charge in [0.1, 0.15) is 11.0 Å². The summed E-state index contributed by atoms with van der Waals surface area (Å²) in [5, 5.41) is 12.4. The quantitative estimate of drug-likeness (QED) is 0.580. The van der Waals surface area contributed by atoms with Crippen molar-refractivity contribution in [3.05, 3.63) is 22.8 Å². The molecule has 3 nitrogen and oxygen atoms in total. The van der Waals surface area contributed by atoms with E-state index < -0.39 is 0 Å². The third-order valence-electron chi connectivity index (χ3n) is 2.50. The van der Waals surface area contributed by atoms with Crippen LogP contribution in [0.3, 0.4) is 0 Å². The minimum Gasteiger partial charge on any atom is -0.370 e. The summed E-state index contributed by atoms with van der Waals surface area (Å²) >= 11 is 7.72. The number of rotatable bonds is 8.